The first kappa shape index (κ1) is 16.4. The quantitative estimate of drug-likeness (QED) is 0.315. The predicted molar refractivity (Wildman–Crippen MR) is 6.48 cm³/mol. The van der Waals surface area contributed by atoms with Crippen molar-refractivity contribution in [2.75, 3.05) is 0 Å². The first-order valence-electron chi connectivity index (χ1n) is 0.779. The number of carbonyl (C=O) groups excluding carboxylic acids is 1. The summed E-state index contributed by atoms with van der Waals surface area (Å²) in [7, 11) is 0. The molecule has 0 saturated heterocycles. The van der Waals surface area contributed by atoms with Crippen LogP contribution in [0.2, 0.25) is 0 Å². The molecule has 7 heavy (non-hydrogen) atoms. The average molecular weight is 247 g/mol. The molecule has 0 aromatic carbocycles. The van der Waals surface area contributed by atoms with Crippen molar-refractivity contribution in [2.24, 2.45) is 0 Å². The molecule has 0 aromatic rings. The van der Waals surface area contributed by atoms with E-state index in [0.29, 0.717) is 0 Å². The maximum absolute atomic E-state index is 8.72. The number of carboxylic acid groups (broad SMARTS) is 1. The van der Waals surface area contributed by atoms with Gasteiger partial charge in [0, 0.05) is 0 Å². The maximum atomic E-state index is 8.72. The molecule has 0 amide bonds. The van der Waals surface area contributed by atoms with E-state index in [-0.39, 0.29) is 116 Å². The fourth-order valence-electron chi connectivity index (χ4n) is 0. The number of hydrogen-bond acceptors (Lipinski definition) is 4. The smallest absolute Gasteiger partial charge is 0.755 e. The first-order valence-corrected chi connectivity index (χ1v) is 0.779. The van der Waals surface area contributed by atoms with Gasteiger partial charge in [0.25, 0.3) is 0 Å². The van der Waals surface area contributed by atoms with Gasteiger partial charge in [0.05, 0.1) is 0 Å². The summed E-state index contributed by atoms with van der Waals surface area (Å²) in [6.45, 7) is 0. The summed E-state index contributed by atoms with van der Waals surface area (Å²) in [5.74, 6) is 0. The van der Waals surface area contributed by atoms with Gasteiger partial charge in [0.15, 0.2) is 0 Å². The van der Waals surface area contributed by atoms with Crippen molar-refractivity contribution < 1.29 is 136 Å². The van der Waals surface area contributed by atoms with Gasteiger partial charge in [-0.3, -0.25) is 0 Å². The topological polar surface area (TPSA) is 72.4 Å². The van der Waals surface area contributed by atoms with Gasteiger partial charge in [0.2, 0.25) is 6.16 Å². The minimum Gasteiger partial charge on any atom is -0.755 e. The van der Waals surface area contributed by atoms with Crippen LogP contribution in [0.3, 0.4) is 0 Å². The van der Waals surface area contributed by atoms with Gasteiger partial charge in [-0.15, -0.1) is 0 Å². The monoisotopic (exact) mass is 246 g/mol. The SMILES string of the molecule is O=C([O-])O[O-].[Rb+].[Rb+]. The average Bonchev–Trinajstić information content (AvgIpc) is 1.38. The molecule has 6 heteroatoms. The Morgan fingerprint density at radius 2 is 1.57 bits per heavy atom. The normalized spacial score (nSPS) is 4.71. The second-order valence-electron chi connectivity index (χ2n) is 0.333. The second-order valence-corrected chi connectivity index (χ2v) is 0.333. The molecule has 30 valence electrons. The van der Waals surface area contributed by atoms with Crippen molar-refractivity contribution in [3.63, 3.8) is 0 Å². The van der Waals surface area contributed by atoms with Gasteiger partial charge in [-0.1, -0.05) is 0 Å². The van der Waals surface area contributed by atoms with E-state index in [1.807, 2.05) is 0 Å². The molecular weight excluding hydrogens is 247 g/mol. The summed E-state index contributed by atoms with van der Waals surface area (Å²) >= 11 is 0. The molecule has 0 aliphatic carbocycles. The largest absolute Gasteiger partial charge is 1.00 e. The van der Waals surface area contributed by atoms with Gasteiger partial charge < -0.3 is 20.0 Å². The molecule has 0 aliphatic heterocycles. The molecule has 0 N–H and O–H groups in total. The Hall–Kier alpha value is 2.84. The van der Waals surface area contributed by atoms with E-state index in [4.69, 9.17) is 15.2 Å². The van der Waals surface area contributed by atoms with Gasteiger partial charge in [-0.25, -0.2) is 0 Å². The van der Waals surface area contributed by atoms with Crippen LogP contribution in [-0.4, -0.2) is 6.16 Å². The third-order valence-electron chi connectivity index (χ3n) is 0.0680. The van der Waals surface area contributed by atoms with Crippen molar-refractivity contribution in [1.29, 1.82) is 0 Å². The van der Waals surface area contributed by atoms with Gasteiger partial charge in [-0.05, 0) is 0 Å². The van der Waals surface area contributed by atoms with Gasteiger partial charge in [0.1, 0.15) is 0 Å². The van der Waals surface area contributed by atoms with Crippen LogP contribution in [0.5, 0.6) is 0 Å². The molecular formula is CO4Rb2. The van der Waals surface area contributed by atoms with E-state index in [2.05, 4.69) is 4.89 Å². The summed E-state index contributed by atoms with van der Waals surface area (Å²) in [4.78, 5) is 11.0. The van der Waals surface area contributed by atoms with Crippen LogP contribution >= 0.6 is 0 Å². The third-order valence-corrected chi connectivity index (χ3v) is 0.0680. The molecule has 0 rings (SSSR count). The molecule has 0 bridgehead atoms. The standard InChI is InChI=1S/CH2O4.2Rb/c2-1(3)5-4;;/h4H,(H,2,3);;/q;2*+1/p-2. The van der Waals surface area contributed by atoms with E-state index in [9.17, 15) is 0 Å². The van der Waals surface area contributed by atoms with Crippen LogP contribution in [0.1, 0.15) is 0 Å². The predicted octanol–water partition coefficient (Wildman–Crippen LogP) is -8.37. The Morgan fingerprint density at radius 3 is 1.57 bits per heavy atom. The van der Waals surface area contributed by atoms with Crippen molar-refractivity contribution in [2.45, 2.75) is 0 Å². The van der Waals surface area contributed by atoms with E-state index in [1.165, 1.54) is 0 Å². The van der Waals surface area contributed by atoms with Gasteiger partial charge >= 0.3 is 116 Å². The molecule has 0 saturated carbocycles. The Morgan fingerprint density at radius 1 is 1.43 bits per heavy atom. The van der Waals surface area contributed by atoms with E-state index in [0.717, 1.165) is 0 Å². The first-order chi connectivity index (χ1) is 2.27. The summed E-state index contributed by atoms with van der Waals surface area (Å²) in [5, 5.41) is 17.2. The van der Waals surface area contributed by atoms with Crippen LogP contribution in [0, 0.1) is 0 Å². The fraction of sp³-hybridized carbons (Fsp3) is 0. The number of rotatable bonds is 0. The Labute approximate surface area is 138 Å². The minimum absolute atomic E-state index is 0. The zero-order valence-electron chi connectivity index (χ0n) is 4.13. The summed E-state index contributed by atoms with van der Waals surface area (Å²) in [6, 6.07) is 0. The zero-order valence-corrected chi connectivity index (χ0v) is 14.0. The van der Waals surface area contributed by atoms with Crippen LogP contribution < -0.4 is 127 Å². The molecule has 0 aliphatic rings. The van der Waals surface area contributed by atoms with Crippen molar-refractivity contribution in [3.05, 3.63) is 0 Å². The summed E-state index contributed by atoms with van der Waals surface area (Å²) in [5.41, 5.74) is 0. The molecule has 0 atom stereocenters. The fourth-order valence-corrected chi connectivity index (χ4v) is 0. The summed E-state index contributed by atoms with van der Waals surface area (Å²) in [6.07, 6.45) is -2.05. The molecule has 0 spiro atoms. The van der Waals surface area contributed by atoms with Crippen molar-refractivity contribution >= 4 is 6.16 Å². The van der Waals surface area contributed by atoms with Crippen molar-refractivity contribution in [3.8, 4) is 0 Å². The van der Waals surface area contributed by atoms with Crippen LogP contribution in [-0.2, 0) is 4.89 Å². The molecule has 0 unspecified atom stereocenters. The molecule has 4 nitrogen and oxygen atoms in total. The Balaban J connectivity index is -0.0000000800. The Kier molecular flexibility index (Phi) is 27.3. The van der Waals surface area contributed by atoms with E-state index >= 15 is 0 Å². The van der Waals surface area contributed by atoms with Crippen molar-refractivity contribution in [1.82, 2.24) is 0 Å². The summed E-state index contributed by atoms with van der Waals surface area (Å²) < 4.78 is 0. The maximum Gasteiger partial charge on any atom is 1.00 e. The number of hydrogen-bond donors (Lipinski definition) is 0. The second kappa shape index (κ2) is 11.6. The Bertz CT molecular complexity index is 45.0. The van der Waals surface area contributed by atoms with Crippen LogP contribution in [0.4, 0.5) is 4.79 Å². The molecule has 0 fully saturated rings. The van der Waals surface area contributed by atoms with Crippen LogP contribution in [0.25, 0.3) is 0 Å². The van der Waals surface area contributed by atoms with Gasteiger partial charge in [-0.2, -0.15) is 0 Å². The molecule has 0 radical (unpaired) electrons. The van der Waals surface area contributed by atoms with E-state index in [1.54, 1.807) is 0 Å². The van der Waals surface area contributed by atoms with Crippen LogP contribution in [0.15, 0.2) is 0 Å². The van der Waals surface area contributed by atoms with E-state index < -0.39 is 6.16 Å². The third kappa shape index (κ3) is 17.7. The number of carbonyl (C=O) groups is 1. The minimum atomic E-state index is -2.05. The molecule has 0 heterocycles. The zero-order chi connectivity index (χ0) is 4.28. The molecule has 0 aromatic heterocycles.